The zero-order chi connectivity index (χ0) is 26.6. The summed E-state index contributed by atoms with van der Waals surface area (Å²) >= 11 is 0. The Kier molecular flexibility index (Phi) is 8.49. The average molecular weight is 487 g/mol. The van der Waals surface area contributed by atoms with Gasteiger partial charge in [0, 0.05) is 17.3 Å². The van der Waals surface area contributed by atoms with Crippen LogP contribution < -0.4 is 10.6 Å². The number of pyridine rings is 1. The zero-order valence-corrected chi connectivity index (χ0v) is 19.9. The lowest BCUT2D eigenvalue weighted by atomic mass is 10.0. The molecule has 1 aromatic heterocycles. The number of carbonyl (C=O) groups excluding carboxylic acids is 2. The van der Waals surface area contributed by atoms with Crippen molar-refractivity contribution < 1.29 is 42.1 Å². The fourth-order valence-electron chi connectivity index (χ4n) is 2.45. The SMILES string of the molecule is Cc1c(N)ccc2c(N(C(=O)OC(C)(C)C)C(=O)OC(C)(C)C)nccc12.O=C(O)C(F)(F)F. The number of aromatic nitrogens is 1. The molecule has 2 aromatic rings. The van der Waals surface area contributed by atoms with Crippen LogP contribution in [-0.4, -0.2) is 45.6 Å². The molecule has 1 aromatic carbocycles. The van der Waals surface area contributed by atoms with Crippen molar-refractivity contribution in [3.8, 4) is 0 Å². The Labute approximate surface area is 194 Å². The second kappa shape index (κ2) is 10.1. The number of hydrogen-bond acceptors (Lipinski definition) is 7. The highest BCUT2D eigenvalue weighted by Gasteiger charge is 2.38. The Morgan fingerprint density at radius 3 is 1.74 bits per heavy atom. The number of carboxylic acids is 1. The van der Waals surface area contributed by atoms with Gasteiger partial charge in [-0.2, -0.15) is 18.1 Å². The van der Waals surface area contributed by atoms with Crippen LogP contribution in [0.2, 0.25) is 0 Å². The lowest BCUT2D eigenvalue weighted by Gasteiger charge is -2.28. The third-order valence-electron chi connectivity index (χ3n) is 3.84. The largest absolute Gasteiger partial charge is 0.490 e. The minimum atomic E-state index is -5.08. The first-order valence-corrected chi connectivity index (χ1v) is 9.94. The number of rotatable bonds is 1. The van der Waals surface area contributed by atoms with Crippen molar-refractivity contribution in [1.82, 2.24) is 4.98 Å². The first kappa shape index (κ1) is 28.5. The number of carboxylic acid groups (broad SMARTS) is 1. The van der Waals surface area contributed by atoms with Crippen LogP contribution in [0.1, 0.15) is 47.1 Å². The van der Waals surface area contributed by atoms with Gasteiger partial charge in [0.1, 0.15) is 11.2 Å². The molecule has 0 aliphatic heterocycles. The van der Waals surface area contributed by atoms with Gasteiger partial charge in [0.15, 0.2) is 5.82 Å². The lowest BCUT2D eigenvalue weighted by Crippen LogP contribution is -2.44. The molecular formula is C22H28F3N3O6. The van der Waals surface area contributed by atoms with Crippen LogP contribution in [0.25, 0.3) is 10.8 Å². The number of alkyl halides is 3. The number of benzene rings is 1. The minimum absolute atomic E-state index is 0.138. The van der Waals surface area contributed by atoms with E-state index in [1.807, 2.05) is 6.92 Å². The van der Waals surface area contributed by atoms with Crippen LogP contribution in [0, 0.1) is 6.92 Å². The highest BCUT2D eigenvalue weighted by molar-refractivity contribution is 6.14. The summed E-state index contributed by atoms with van der Waals surface area (Å²) in [6.07, 6.45) is -5.27. The van der Waals surface area contributed by atoms with Crippen LogP contribution in [-0.2, 0) is 14.3 Å². The van der Waals surface area contributed by atoms with E-state index < -0.39 is 35.5 Å². The summed E-state index contributed by atoms with van der Waals surface area (Å²) in [5, 5.41) is 8.51. The molecule has 0 saturated carbocycles. The van der Waals surface area contributed by atoms with E-state index in [9.17, 15) is 22.8 Å². The van der Waals surface area contributed by atoms with Crippen molar-refractivity contribution >= 4 is 40.4 Å². The van der Waals surface area contributed by atoms with Gasteiger partial charge in [0.25, 0.3) is 0 Å². The van der Waals surface area contributed by atoms with Crippen LogP contribution in [0.4, 0.5) is 34.3 Å². The molecule has 9 nitrogen and oxygen atoms in total. The van der Waals surface area contributed by atoms with Crippen LogP contribution in [0.15, 0.2) is 24.4 Å². The molecule has 12 heteroatoms. The number of anilines is 2. The Balaban J connectivity index is 0.000000718. The number of ether oxygens (including phenoxy) is 2. The van der Waals surface area contributed by atoms with Crippen molar-refractivity contribution in [2.75, 3.05) is 10.6 Å². The monoisotopic (exact) mass is 487 g/mol. The molecule has 188 valence electrons. The van der Waals surface area contributed by atoms with Crippen molar-refractivity contribution in [1.29, 1.82) is 0 Å². The van der Waals surface area contributed by atoms with Gasteiger partial charge in [-0.3, -0.25) is 0 Å². The molecule has 2 amide bonds. The van der Waals surface area contributed by atoms with Crippen molar-refractivity contribution in [3.05, 3.63) is 30.0 Å². The third kappa shape index (κ3) is 8.09. The second-order valence-corrected chi connectivity index (χ2v) is 9.11. The average Bonchev–Trinajstić information content (AvgIpc) is 2.62. The third-order valence-corrected chi connectivity index (χ3v) is 3.84. The second-order valence-electron chi connectivity index (χ2n) is 9.11. The molecule has 34 heavy (non-hydrogen) atoms. The molecule has 0 atom stereocenters. The maximum absolute atomic E-state index is 12.8. The molecule has 3 N–H and O–H groups in total. The predicted molar refractivity (Wildman–Crippen MR) is 120 cm³/mol. The van der Waals surface area contributed by atoms with Crippen molar-refractivity contribution in [2.45, 2.75) is 65.8 Å². The summed E-state index contributed by atoms with van der Waals surface area (Å²) in [5.41, 5.74) is 5.85. The fraction of sp³-hybridized carbons (Fsp3) is 0.455. The molecule has 1 heterocycles. The van der Waals surface area contributed by atoms with E-state index in [1.165, 1.54) is 6.20 Å². The van der Waals surface area contributed by atoms with E-state index in [-0.39, 0.29) is 5.82 Å². The normalized spacial score (nSPS) is 11.8. The molecular weight excluding hydrogens is 459 g/mol. The van der Waals surface area contributed by atoms with Crippen molar-refractivity contribution in [2.24, 2.45) is 0 Å². The molecule has 0 radical (unpaired) electrons. The number of nitrogens with zero attached hydrogens (tertiary/aromatic N) is 2. The smallest absolute Gasteiger partial charge is 0.475 e. The fourth-order valence-corrected chi connectivity index (χ4v) is 2.45. The molecule has 0 aliphatic carbocycles. The van der Waals surface area contributed by atoms with E-state index in [0.717, 1.165) is 15.8 Å². The summed E-state index contributed by atoms with van der Waals surface area (Å²) in [4.78, 5) is 39.6. The van der Waals surface area contributed by atoms with E-state index in [4.69, 9.17) is 25.1 Å². The first-order chi connectivity index (χ1) is 15.2. The van der Waals surface area contributed by atoms with Gasteiger partial charge in [0.05, 0.1) is 0 Å². The molecule has 0 unspecified atom stereocenters. The highest BCUT2D eigenvalue weighted by Crippen LogP contribution is 2.31. The number of nitrogen functional groups attached to an aromatic ring is 1. The molecule has 0 spiro atoms. The zero-order valence-electron chi connectivity index (χ0n) is 19.9. The van der Waals surface area contributed by atoms with Gasteiger partial charge in [-0.1, -0.05) is 0 Å². The maximum atomic E-state index is 12.8. The minimum Gasteiger partial charge on any atom is -0.475 e. The number of nitrogens with two attached hydrogens (primary N) is 1. The van der Waals surface area contributed by atoms with Gasteiger partial charge < -0.3 is 20.3 Å². The first-order valence-electron chi connectivity index (χ1n) is 9.94. The van der Waals surface area contributed by atoms with Gasteiger partial charge in [0.2, 0.25) is 0 Å². The quantitative estimate of drug-likeness (QED) is 0.509. The number of imide groups is 1. The van der Waals surface area contributed by atoms with Gasteiger partial charge in [-0.05, 0) is 77.6 Å². The van der Waals surface area contributed by atoms with Gasteiger partial charge in [-0.15, -0.1) is 0 Å². The highest BCUT2D eigenvalue weighted by atomic mass is 19.4. The number of amides is 2. The Morgan fingerprint density at radius 2 is 1.35 bits per heavy atom. The topological polar surface area (TPSA) is 132 Å². The number of aryl methyl sites for hydroxylation is 1. The summed E-state index contributed by atoms with van der Waals surface area (Å²) in [5.74, 6) is -2.62. The number of fused-ring (bicyclic) bond motifs is 1. The van der Waals surface area contributed by atoms with Crippen molar-refractivity contribution in [3.63, 3.8) is 0 Å². The summed E-state index contributed by atoms with van der Waals surface area (Å²) in [6, 6.07) is 5.22. The maximum Gasteiger partial charge on any atom is 0.490 e. The molecule has 2 rings (SSSR count). The number of halogens is 3. The molecule has 0 aliphatic rings. The number of hydrogen-bond donors (Lipinski definition) is 2. The summed E-state index contributed by atoms with van der Waals surface area (Å²) in [6.45, 7) is 12.2. The molecule has 0 fully saturated rings. The van der Waals surface area contributed by atoms with Crippen LogP contribution in [0.3, 0.4) is 0 Å². The number of carbonyl (C=O) groups is 3. The Morgan fingerprint density at radius 1 is 0.912 bits per heavy atom. The standard InChI is InChI=1S/C20H27N3O4.C2HF3O2/c1-12-13-10-11-22-16(14(13)8-9-15(12)21)23(17(24)26-19(2,3)4)18(25)27-20(5,6)7;3-2(4,5)1(6)7/h8-11H,21H2,1-7H3;(H,6,7). The Hall–Kier alpha value is -3.57. The van der Waals surface area contributed by atoms with Gasteiger partial charge >= 0.3 is 24.3 Å². The van der Waals surface area contributed by atoms with E-state index in [1.54, 1.807) is 59.7 Å². The molecule has 0 bridgehead atoms. The molecule has 0 saturated heterocycles. The summed E-state index contributed by atoms with van der Waals surface area (Å²) < 4.78 is 42.6. The van der Waals surface area contributed by atoms with Gasteiger partial charge in [-0.25, -0.2) is 19.4 Å². The number of aliphatic carboxylic acids is 1. The predicted octanol–water partition coefficient (Wildman–Crippen LogP) is 5.44. The van der Waals surface area contributed by atoms with Crippen LogP contribution >= 0.6 is 0 Å². The van der Waals surface area contributed by atoms with E-state index in [0.29, 0.717) is 11.1 Å². The van der Waals surface area contributed by atoms with E-state index >= 15 is 0 Å². The lowest BCUT2D eigenvalue weighted by molar-refractivity contribution is -0.192. The van der Waals surface area contributed by atoms with Crippen LogP contribution in [0.5, 0.6) is 0 Å². The summed E-state index contributed by atoms with van der Waals surface area (Å²) in [7, 11) is 0. The van der Waals surface area contributed by atoms with E-state index in [2.05, 4.69) is 4.98 Å². The Bertz CT molecular complexity index is 1040.